The highest BCUT2D eigenvalue weighted by atomic mass is 79.9. The van der Waals surface area contributed by atoms with Gasteiger partial charge in [0.2, 0.25) is 0 Å². The van der Waals surface area contributed by atoms with Gasteiger partial charge in [-0.2, -0.15) is 0 Å². The molecule has 104 valence electrons. The van der Waals surface area contributed by atoms with Crippen LogP contribution in [0, 0.1) is 5.41 Å². The van der Waals surface area contributed by atoms with Crippen molar-refractivity contribution in [2.75, 3.05) is 0 Å². The molecule has 0 fully saturated rings. The van der Waals surface area contributed by atoms with Gasteiger partial charge in [0, 0.05) is 16.4 Å². The third-order valence-corrected chi connectivity index (χ3v) is 5.80. The number of rotatable bonds is 1. The topological polar surface area (TPSA) is 32.6 Å². The van der Waals surface area contributed by atoms with E-state index in [1.54, 1.807) is 11.3 Å². The second kappa shape index (κ2) is 4.86. The molecule has 1 heterocycles. The number of fused-ring (bicyclic) bond motifs is 1. The van der Waals surface area contributed by atoms with E-state index >= 15 is 0 Å². The Hall–Kier alpha value is -0.840. The Bertz CT molecular complexity index is 690. The van der Waals surface area contributed by atoms with Gasteiger partial charge in [-0.25, -0.2) is 0 Å². The number of benzene rings is 1. The lowest BCUT2D eigenvalue weighted by Gasteiger charge is -2.28. The van der Waals surface area contributed by atoms with E-state index in [1.807, 2.05) is 24.3 Å². The van der Waals surface area contributed by atoms with Crippen LogP contribution in [0.3, 0.4) is 0 Å². The molecule has 2 nitrogen and oxygen atoms in total. The molecule has 20 heavy (non-hydrogen) atoms. The molecule has 1 aliphatic carbocycles. The van der Waals surface area contributed by atoms with Gasteiger partial charge in [-0.05, 0) is 45.3 Å². The van der Waals surface area contributed by atoms with E-state index in [-0.39, 0.29) is 11.3 Å². The van der Waals surface area contributed by atoms with Crippen LogP contribution in [0.15, 0.2) is 39.3 Å². The number of nitrogens with zero attached hydrogens (tertiary/aromatic N) is 1. The average molecular weight is 371 g/mol. The fraction of sp³-hybridized carbons (Fsp3) is 0.267. The summed E-state index contributed by atoms with van der Waals surface area (Å²) >= 11 is 11.1. The first-order chi connectivity index (χ1) is 9.45. The number of hydrogen-bond acceptors (Lipinski definition) is 3. The zero-order valence-electron chi connectivity index (χ0n) is 11.0. The molecule has 1 aromatic heterocycles. The van der Waals surface area contributed by atoms with Gasteiger partial charge in [-0.15, -0.1) is 11.3 Å². The third kappa shape index (κ3) is 2.01. The second-order valence-corrected chi connectivity index (χ2v) is 8.36. The van der Waals surface area contributed by atoms with Crippen molar-refractivity contribution in [2.45, 2.75) is 19.8 Å². The summed E-state index contributed by atoms with van der Waals surface area (Å²) in [4.78, 5) is 1.06. The molecule has 3 rings (SSSR count). The maximum atomic E-state index is 9.42. The Morgan fingerprint density at radius 3 is 2.55 bits per heavy atom. The lowest BCUT2D eigenvalue weighted by atomic mass is 9.75. The molecule has 2 aromatic rings. The Kier molecular flexibility index (Phi) is 3.43. The molecule has 0 bridgehead atoms. The Morgan fingerprint density at radius 2 is 1.95 bits per heavy atom. The number of hydrogen-bond donors (Lipinski definition) is 1. The number of oxime groups is 1. The minimum absolute atomic E-state index is 0.170. The summed E-state index contributed by atoms with van der Waals surface area (Å²) in [5, 5.41) is 13.7. The highest BCUT2D eigenvalue weighted by molar-refractivity contribution is 9.11. The summed E-state index contributed by atoms with van der Waals surface area (Å²) in [6, 6.07) is 10.0. The molecular weight excluding hydrogens is 358 g/mol. The summed E-state index contributed by atoms with van der Waals surface area (Å²) in [6.45, 7) is 4.23. The van der Waals surface area contributed by atoms with Gasteiger partial charge in [0.15, 0.2) is 0 Å². The van der Waals surface area contributed by atoms with Crippen LogP contribution in [0.5, 0.6) is 0 Å². The highest BCUT2D eigenvalue weighted by Crippen LogP contribution is 2.54. The SMILES string of the molecule is CC1(C)/C(=N/O)c2sc(Br)cc2C1c1ccc(Cl)cc1. The van der Waals surface area contributed by atoms with Gasteiger partial charge in [0.25, 0.3) is 0 Å². The minimum atomic E-state index is -0.246. The number of thiophene rings is 1. The molecule has 0 spiro atoms. The van der Waals surface area contributed by atoms with Gasteiger partial charge >= 0.3 is 0 Å². The van der Waals surface area contributed by atoms with Crippen LogP contribution < -0.4 is 0 Å². The molecular formula is C15H13BrClNOS. The Balaban J connectivity index is 2.21. The van der Waals surface area contributed by atoms with Crippen LogP contribution in [-0.2, 0) is 0 Å². The van der Waals surface area contributed by atoms with E-state index in [0.717, 1.165) is 19.4 Å². The first-order valence-corrected chi connectivity index (χ1v) is 8.21. The van der Waals surface area contributed by atoms with Crippen molar-refractivity contribution in [3.63, 3.8) is 0 Å². The quantitative estimate of drug-likeness (QED) is 0.520. The van der Waals surface area contributed by atoms with E-state index in [0.29, 0.717) is 0 Å². The summed E-state index contributed by atoms with van der Waals surface area (Å²) in [7, 11) is 0. The Labute approximate surface area is 135 Å². The predicted octanol–water partition coefficient (Wildman–Crippen LogP) is 5.51. The van der Waals surface area contributed by atoms with E-state index in [9.17, 15) is 5.21 Å². The van der Waals surface area contributed by atoms with E-state index in [4.69, 9.17) is 11.6 Å². The van der Waals surface area contributed by atoms with E-state index in [2.05, 4.69) is 41.0 Å². The molecule has 0 amide bonds. The first-order valence-electron chi connectivity index (χ1n) is 6.22. The van der Waals surface area contributed by atoms with Crippen molar-refractivity contribution in [3.05, 3.63) is 55.1 Å². The minimum Gasteiger partial charge on any atom is -0.411 e. The van der Waals surface area contributed by atoms with Crippen molar-refractivity contribution < 1.29 is 5.21 Å². The largest absolute Gasteiger partial charge is 0.411 e. The fourth-order valence-electron chi connectivity index (χ4n) is 3.02. The predicted molar refractivity (Wildman–Crippen MR) is 87.4 cm³/mol. The van der Waals surface area contributed by atoms with Gasteiger partial charge in [0.1, 0.15) is 5.71 Å². The molecule has 0 aliphatic heterocycles. The van der Waals surface area contributed by atoms with Crippen LogP contribution in [0.25, 0.3) is 0 Å². The van der Waals surface area contributed by atoms with E-state index in [1.165, 1.54) is 11.1 Å². The fourth-order valence-corrected chi connectivity index (χ4v) is 4.95. The molecule has 0 saturated heterocycles. The Morgan fingerprint density at radius 1 is 1.30 bits per heavy atom. The summed E-state index contributed by atoms with van der Waals surface area (Å²) < 4.78 is 1.05. The smallest absolute Gasteiger partial charge is 0.104 e. The van der Waals surface area contributed by atoms with Crippen molar-refractivity contribution in [3.8, 4) is 0 Å². The van der Waals surface area contributed by atoms with Gasteiger partial charge in [-0.3, -0.25) is 0 Å². The maximum absolute atomic E-state index is 9.42. The van der Waals surface area contributed by atoms with Crippen molar-refractivity contribution >= 4 is 44.6 Å². The number of halogens is 2. The molecule has 1 atom stereocenters. The maximum Gasteiger partial charge on any atom is 0.104 e. The molecule has 1 aromatic carbocycles. The summed E-state index contributed by atoms with van der Waals surface area (Å²) in [5.41, 5.74) is 2.90. The van der Waals surface area contributed by atoms with Gasteiger partial charge < -0.3 is 5.21 Å². The molecule has 0 saturated carbocycles. The highest BCUT2D eigenvalue weighted by Gasteiger charge is 2.47. The molecule has 1 N–H and O–H groups in total. The lowest BCUT2D eigenvalue weighted by molar-refractivity contribution is 0.309. The van der Waals surface area contributed by atoms with Crippen LogP contribution in [0.1, 0.15) is 35.8 Å². The normalized spacial score (nSPS) is 22.2. The standard InChI is InChI=1S/C15H13BrClNOS/c1-15(2)12(8-3-5-9(17)6-4-8)10-7-11(16)20-13(10)14(15)18-19/h3-7,12,19H,1-2H3/b18-14+. The average Bonchev–Trinajstić information content (AvgIpc) is 2.82. The van der Waals surface area contributed by atoms with Gasteiger partial charge in [-0.1, -0.05) is 42.7 Å². The zero-order chi connectivity index (χ0) is 14.5. The van der Waals surface area contributed by atoms with Gasteiger partial charge in [0.05, 0.1) is 8.66 Å². The van der Waals surface area contributed by atoms with Crippen molar-refractivity contribution in [1.82, 2.24) is 0 Å². The van der Waals surface area contributed by atoms with Crippen LogP contribution in [0.2, 0.25) is 5.02 Å². The van der Waals surface area contributed by atoms with Crippen LogP contribution >= 0.6 is 38.9 Å². The summed E-state index contributed by atoms with van der Waals surface area (Å²) in [6.07, 6.45) is 0. The third-order valence-electron chi connectivity index (χ3n) is 3.89. The molecule has 1 aliphatic rings. The van der Waals surface area contributed by atoms with Crippen molar-refractivity contribution in [2.24, 2.45) is 10.6 Å². The summed E-state index contributed by atoms with van der Waals surface area (Å²) in [5.74, 6) is 0.170. The monoisotopic (exact) mass is 369 g/mol. The van der Waals surface area contributed by atoms with Crippen LogP contribution in [-0.4, -0.2) is 10.9 Å². The van der Waals surface area contributed by atoms with E-state index < -0.39 is 0 Å². The molecule has 5 heteroatoms. The van der Waals surface area contributed by atoms with Crippen LogP contribution in [0.4, 0.5) is 0 Å². The first kappa shape index (κ1) is 14.1. The zero-order valence-corrected chi connectivity index (χ0v) is 14.2. The van der Waals surface area contributed by atoms with Crippen molar-refractivity contribution in [1.29, 1.82) is 0 Å². The molecule has 1 unspecified atom stereocenters. The second-order valence-electron chi connectivity index (χ2n) is 5.49. The lowest BCUT2D eigenvalue weighted by Crippen LogP contribution is -2.25. The molecule has 0 radical (unpaired) electrons.